The van der Waals surface area contributed by atoms with Crippen molar-refractivity contribution in [1.29, 1.82) is 0 Å². The molecular weight excluding hydrogens is 974 g/mol. The third kappa shape index (κ3) is 9.57. The summed E-state index contributed by atoms with van der Waals surface area (Å²) in [5.41, 5.74) is 14.2. The van der Waals surface area contributed by atoms with Crippen molar-refractivity contribution in [3.63, 3.8) is 0 Å². The van der Waals surface area contributed by atoms with Crippen LogP contribution in [0.5, 0.6) is 5.75 Å². The SMILES string of the molecule is [2H]C([2H])([2H])c1cc(-c2ccc(C(C)(C)C)cc2)ccc1-n1c(-c2cc(C(C)(C)C)cc(C(C)(C)C)c2O)nc2c(-c3[c-]c(-c4cc(-c5ccc(C)cc5)ccn4)cc(C(C)(C)C)c3)cccc21.[Pt]. The van der Waals surface area contributed by atoms with Gasteiger partial charge in [0.1, 0.15) is 11.6 Å². The minimum Gasteiger partial charge on any atom is -0.507 e. The van der Waals surface area contributed by atoms with E-state index in [0.29, 0.717) is 28.1 Å². The fourth-order valence-electron chi connectivity index (χ4n) is 8.41. The molecule has 4 nitrogen and oxygen atoms in total. The second-order valence-electron chi connectivity index (χ2n) is 21.7. The van der Waals surface area contributed by atoms with E-state index in [1.54, 1.807) is 6.07 Å². The second-order valence-corrected chi connectivity index (χ2v) is 21.7. The molecule has 0 spiro atoms. The van der Waals surface area contributed by atoms with Crippen molar-refractivity contribution in [3.8, 4) is 67.5 Å². The zero-order valence-electron chi connectivity index (χ0n) is 43.2. The van der Waals surface area contributed by atoms with Gasteiger partial charge in [-0.25, -0.2) is 4.98 Å². The Hall–Kier alpha value is -5.57. The Morgan fingerprint density at radius 2 is 1.15 bits per heavy atom. The Morgan fingerprint density at radius 1 is 0.569 bits per heavy atom. The van der Waals surface area contributed by atoms with E-state index in [1.165, 1.54) is 11.1 Å². The number of hydrogen-bond acceptors (Lipinski definition) is 3. The molecular formula is C60H64N3OPt-. The molecule has 6 aromatic carbocycles. The van der Waals surface area contributed by atoms with Gasteiger partial charge in [0.15, 0.2) is 0 Å². The van der Waals surface area contributed by atoms with Crippen LogP contribution in [0.1, 0.15) is 121 Å². The van der Waals surface area contributed by atoms with Gasteiger partial charge in [0.05, 0.1) is 22.3 Å². The number of pyridine rings is 1. The molecule has 0 fully saturated rings. The minimum atomic E-state index is -2.50. The van der Waals surface area contributed by atoms with E-state index in [9.17, 15) is 5.11 Å². The van der Waals surface area contributed by atoms with Crippen molar-refractivity contribution in [3.05, 3.63) is 167 Å². The molecule has 0 saturated heterocycles. The molecule has 336 valence electrons. The Morgan fingerprint density at radius 3 is 1.77 bits per heavy atom. The number of phenolic OH excluding ortho intramolecular Hbond substituents is 1. The molecule has 0 atom stereocenters. The topological polar surface area (TPSA) is 50.9 Å². The number of benzene rings is 6. The molecule has 0 saturated carbocycles. The van der Waals surface area contributed by atoms with Crippen LogP contribution in [0.4, 0.5) is 0 Å². The molecule has 5 heteroatoms. The molecule has 0 amide bonds. The normalized spacial score (nSPS) is 13.3. The second kappa shape index (κ2) is 17.3. The third-order valence-corrected chi connectivity index (χ3v) is 12.5. The maximum atomic E-state index is 12.5. The van der Waals surface area contributed by atoms with E-state index < -0.39 is 12.3 Å². The molecule has 0 aliphatic heterocycles. The van der Waals surface area contributed by atoms with Crippen LogP contribution in [0.3, 0.4) is 0 Å². The van der Waals surface area contributed by atoms with Crippen LogP contribution >= 0.6 is 0 Å². The maximum absolute atomic E-state index is 12.5. The number of imidazole rings is 1. The van der Waals surface area contributed by atoms with E-state index in [4.69, 9.17) is 14.1 Å². The van der Waals surface area contributed by atoms with Gasteiger partial charge in [0.2, 0.25) is 0 Å². The zero-order chi connectivity index (χ0) is 48.6. The monoisotopic (exact) mass is 1040 g/mol. The fourth-order valence-corrected chi connectivity index (χ4v) is 8.41. The maximum Gasteiger partial charge on any atom is 0.148 e. The van der Waals surface area contributed by atoms with Crippen molar-refractivity contribution >= 4 is 11.0 Å². The summed E-state index contributed by atoms with van der Waals surface area (Å²) < 4.78 is 29.0. The number of aromatic hydroxyl groups is 1. The minimum absolute atomic E-state index is 0. The number of rotatable bonds is 6. The number of fused-ring (bicyclic) bond motifs is 1. The summed E-state index contributed by atoms with van der Waals surface area (Å²) in [6, 6.07) is 45.1. The van der Waals surface area contributed by atoms with Crippen LogP contribution in [0, 0.1) is 19.8 Å². The standard InChI is InChI=1S/C60H64N3O.Pt/c1-37-18-20-39(21-19-37)42-28-29-61-51(34-42)44-31-43(32-46(33-44)58(6,7)8)48-16-15-17-53-54(48)62-56(49-35-47(59(9,10)11)36-50(55(49)64)60(12,13)14)63(53)52-27-24-41(30-38(52)2)40-22-25-45(26-23-40)57(3,4)5;/h15-30,32-36,64H,1-14H3;/q-1;/i2D3;. The average molecular weight is 1040 g/mol. The summed E-state index contributed by atoms with van der Waals surface area (Å²) in [5, 5.41) is 12.5. The van der Waals surface area contributed by atoms with Gasteiger partial charge in [-0.05, 0) is 105 Å². The molecule has 0 aliphatic rings. The Labute approximate surface area is 406 Å². The van der Waals surface area contributed by atoms with Gasteiger partial charge in [-0.15, -0.1) is 29.3 Å². The number of aryl methyl sites for hydroxylation is 2. The molecule has 0 unspecified atom stereocenters. The van der Waals surface area contributed by atoms with Gasteiger partial charge >= 0.3 is 0 Å². The van der Waals surface area contributed by atoms with Gasteiger partial charge in [-0.1, -0.05) is 179 Å². The van der Waals surface area contributed by atoms with Gasteiger partial charge in [-0.3, -0.25) is 9.55 Å². The zero-order valence-corrected chi connectivity index (χ0v) is 42.5. The molecule has 2 heterocycles. The van der Waals surface area contributed by atoms with E-state index in [1.807, 2.05) is 47.2 Å². The summed E-state index contributed by atoms with van der Waals surface area (Å²) in [6.07, 6.45) is 1.86. The quantitative estimate of drug-likeness (QED) is 0.169. The van der Waals surface area contributed by atoms with Crippen LogP contribution in [0.2, 0.25) is 0 Å². The number of phenols is 1. The Kier molecular flexibility index (Phi) is 11.6. The molecule has 0 radical (unpaired) electrons. The van der Waals surface area contributed by atoms with Crippen molar-refractivity contribution in [1.82, 2.24) is 14.5 Å². The van der Waals surface area contributed by atoms with Crippen LogP contribution < -0.4 is 0 Å². The number of nitrogens with zero attached hydrogens (tertiary/aromatic N) is 3. The van der Waals surface area contributed by atoms with Gasteiger partial charge in [-0.2, -0.15) is 0 Å². The van der Waals surface area contributed by atoms with Crippen molar-refractivity contribution in [2.75, 3.05) is 0 Å². The molecule has 0 bridgehead atoms. The molecule has 1 N–H and O–H groups in total. The molecule has 8 rings (SSSR count). The Balaban J connectivity index is 0.00000684. The Bertz CT molecular complexity index is 3150. The predicted octanol–water partition coefficient (Wildman–Crippen LogP) is 16.1. The summed E-state index contributed by atoms with van der Waals surface area (Å²) in [6.45, 7) is 25.5. The van der Waals surface area contributed by atoms with E-state index in [-0.39, 0.29) is 48.6 Å². The first-order valence-corrected chi connectivity index (χ1v) is 22.5. The molecule has 8 aromatic rings. The third-order valence-electron chi connectivity index (χ3n) is 12.5. The van der Waals surface area contributed by atoms with Gasteiger partial charge in [0, 0.05) is 42.6 Å². The number of para-hydroxylation sites is 1. The molecule has 2 aromatic heterocycles. The first kappa shape index (κ1) is 43.3. The van der Waals surface area contributed by atoms with Crippen molar-refractivity contribution < 1.29 is 30.3 Å². The predicted molar refractivity (Wildman–Crippen MR) is 271 cm³/mol. The van der Waals surface area contributed by atoms with Crippen LogP contribution in [-0.2, 0) is 42.7 Å². The summed E-state index contributed by atoms with van der Waals surface area (Å²) in [4.78, 5) is 10.4. The van der Waals surface area contributed by atoms with Crippen LogP contribution in [0.15, 0.2) is 128 Å². The van der Waals surface area contributed by atoms with Crippen molar-refractivity contribution in [2.24, 2.45) is 0 Å². The summed E-state index contributed by atoms with van der Waals surface area (Å²) >= 11 is 0. The number of aromatic nitrogens is 3. The molecule has 0 aliphatic carbocycles. The van der Waals surface area contributed by atoms with E-state index in [0.717, 1.165) is 61.3 Å². The smallest absolute Gasteiger partial charge is 0.148 e. The first-order chi connectivity index (χ1) is 31.2. The molecule has 65 heavy (non-hydrogen) atoms. The van der Waals surface area contributed by atoms with Crippen LogP contribution in [0.25, 0.3) is 72.7 Å². The first-order valence-electron chi connectivity index (χ1n) is 24.0. The largest absolute Gasteiger partial charge is 0.507 e. The van der Waals surface area contributed by atoms with Crippen molar-refractivity contribution in [2.45, 2.75) is 119 Å². The summed E-state index contributed by atoms with van der Waals surface area (Å²) in [5.74, 6) is 0.566. The number of hydrogen-bond donors (Lipinski definition) is 1. The van der Waals surface area contributed by atoms with E-state index in [2.05, 4.69) is 175 Å². The fraction of sp³-hybridized carbons (Fsp3) is 0.300. The summed E-state index contributed by atoms with van der Waals surface area (Å²) in [7, 11) is 0. The van der Waals surface area contributed by atoms with E-state index >= 15 is 0 Å². The van der Waals surface area contributed by atoms with Gasteiger partial charge < -0.3 is 5.11 Å². The average Bonchev–Trinajstić information content (AvgIpc) is 3.64. The van der Waals surface area contributed by atoms with Gasteiger partial charge in [0.25, 0.3) is 0 Å². The van der Waals surface area contributed by atoms with Crippen LogP contribution in [-0.4, -0.2) is 19.6 Å².